The molecule has 1 N–H and O–H groups in total. The molecule has 0 spiro atoms. The minimum Gasteiger partial charge on any atom is -0.338 e. The summed E-state index contributed by atoms with van der Waals surface area (Å²) in [6.07, 6.45) is 6.90. The molecule has 3 rings (SSSR count). The number of carbonyl (C=O) groups is 1. The van der Waals surface area contributed by atoms with Crippen molar-refractivity contribution in [3.63, 3.8) is 0 Å². The number of nitrogens with one attached hydrogen (secondary N) is 1. The predicted molar refractivity (Wildman–Crippen MR) is 75.7 cm³/mol. The number of amides is 1. The monoisotopic (exact) mass is 290 g/mol. The molecule has 0 saturated carbocycles. The number of nitrogens with zero attached hydrogens (tertiary/aromatic N) is 3. The summed E-state index contributed by atoms with van der Waals surface area (Å²) in [7, 11) is 0. The molecule has 1 saturated heterocycles. The quantitative estimate of drug-likeness (QED) is 0.924. The van der Waals surface area contributed by atoms with Crippen molar-refractivity contribution in [2.75, 3.05) is 13.1 Å². The summed E-state index contributed by atoms with van der Waals surface area (Å²) < 4.78 is 0. The molecule has 1 fully saturated rings. The smallest absolute Gasteiger partial charge is 0.255 e. The average Bonchev–Trinajstić information content (AvgIpc) is 3.01. The molecule has 5 nitrogen and oxygen atoms in total. The Balaban J connectivity index is 1.75. The van der Waals surface area contributed by atoms with Gasteiger partial charge < -0.3 is 4.90 Å². The Morgan fingerprint density at radius 3 is 3.10 bits per heavy atom. The van der Waals surface area contributed by atoms with Gasteiger partial charge >= 0.3 is 0 Å². The number of pyridine rings is 1. The van der Waals surface area contributed by atoms with E-state index in [2.05, 4.69) is 15.2 Å². The van der Waals surface area contributed by atoms with Gasteiger partial charge in [0.25, 0.3) is 5.91 Å². The SMILES string of the molecule is O=C(c1cncc(Cl)c1)N1CCC[C@H](c2ccn[nH]2)C1. The second-order valence-electron chi connectivity index (χ2n) is 4.99. The number of hydrogen-bond acceptors (Lipinski definition) is 3. The van der Waals surface area contributed by atoms with Gasteiger partial charge in [0.1, 0.15) is 0 Å². The minimum absolute atomic E-state index is 0.00999. The Kier molecular flexibility index (Phi) is 3.69. The van der Waals surface area contributed by atoms with E-state index in [1.54, 1.807) is 18.5 Å². The maximum Gasteiger partial charge on any atom is 0.255 e. The van der Waals surface area contributed by atoms with Gasteiger partial charge in [0.05, 0.1) is 10.6 Å². The number of hydrogen-bond donors (Lipinski definition) is 1. The Morgan fingerprint density at radius 2 is 2.35 bits per heavy atom. The van der Waals surface area contributed by atoms with E-state index in [1.807, 2.05) is 11.0 Å². The third kappa shape index (κ3) is 2.67. The zero-order valence-corrected chi connectivity index (χ0v) is 11.7. The first-order valence-corrected chi connectivity index (χ1v) is 7.01. The van der Waals surface area contributed by atoms with E-state index in [0.29, 0.717) is 23.0 Å². The summed E-state index contributed by atoms with van der Waals surface area (Å²) in [5.74, 6) is 0.312. The number of piperidine rings is 1. The molecule has 0 bridgehead atoms. The van der Waals surface area contributed by atoms with Crippen LogP contribution in [0.3, 0.4) is 0 Å². The molecule has 1 aliphatic rings. The van der Waals surface area contributed by atoms with Gasteiger partial charge in [-0.3, -0.25) is 14.9 Å². The highest BCUT2D eigenvalue weighted by molar-refractivity contribution is 6.30. The number of carbonyl (C=O) groups excluding carboxylic acids is 1. The molecule has 2 aromatic heterocycles. The number of H-pyrrole nitrogens is 1. The zero-order valence-electron chi connectivity index (χ0n) is 10.9. The van der Waals surface area contributed by atoms with E-state index >= 15 is 0 Å². The Morgan fingerprint density at radius 1 is 1.45 bits per heavy atom. The molecule has 6 heteroatoms. The average molecular weight is 291 g/mol. The van der Waals surface area contributed by atoms with Crippen molar-refractivity contribution in [3.05, 3.63) is 47.0 Å². The lowest BCUT2D eigenvalue weighted by molar-refractivity contribution is 0.0705. The van der Waals surface area contributed by atoms with Gasteiger partial charge in [-0.25, -0.2) is 0 Å². The summed E-state index contributed by atoms with van der Waals surface area (Å²) in [6, 6.07) is 3.64. The first kappa shape index (κ1) is 13.1. The lowest BCUT2D eigenvalue weighted by atomic mass is 9.94. The third-order valence-corrected chi connectivity index (χ3v) is 3.83. The Hall–Kier alpha value is -1.88. The first-order valence-electron chi connectivity index (χ1n) is 6.63. The predicted octanol–water partition coefficient (Wildman–Crippen LogP) is 2.48. The molecule has 20 heavy (non-hydrogen) atoms. The lowest BCUT2D eigenvalue weighted by Gasteiger charge is -2.32. The van der Waals surface area contributed by atoms with E-state index in [9.17, 15) is 4.79 Å². The fourth-order valence-electron chi connectivity index (χ4n) is 2.62. The van der Waals surface area contributed by atoms with Gasteiger partial charge in [-0.05, 0) is 25.0 Å². The number of likely N-dealkylation sites (tertiary alicyclic amines) is 1. The van der Waals surface area contributed by atoms with Crippen LogP contribution in [0.15, 0.2) is 30.7 Å². The molecule has 1 amide bonds. The van der Waals surface area contributed by atoms with Crippen LogP contribution in [0.2, 0.25) is 5.02 Å². The summed E-state index contributed by atoms with van der Waals surface area (Å²) in [5, 5.41) is 7.46. The van der Waals surface area contributed by atoms with Crippen LogP contribution in [0.4, 0.5) is 0 Å². The highest BCUT2D eigenvalue weighted by Crippen LogP contribution is 2.26. The van der Waals surface area contributed by atoms with E-state index < -0.39 is 0 Å². The van der Waals surface area contributed by atoms with Gasteiger partial charge in [-0.1, -0.05) is 11.6 Å². The first-order chi connectivity index (χ1) is 9.74. The molecular formula is C14H15ClN4O. The molecule has 0 aliphatic carbocycles. The molecule has 104 valence electrons. The lowest BCUT2D eigenvalue weighted by Crippen LogP contribution is -2.39. The van der Waals surface area contributed by atoms with Crippen LogP contribution in [0, 0.1) is 0 Å². The minimum atomic E-state index is -0.00999. The van der Waals surface area contributed by atoms with Crippen molar-refractivity contribution in [2.45, 2.75) is 18.8 Å². The second-order valence-corrected chi connectivity index (χ2v) is 5.43. The summed E-state index contributed by atoms with van der Waals surface area (Å²) >= 11 is 5.89. The largest absolute Gasteiger partial charge is 0.338 e. The van der Waals surface area contributed by atoms with Gasteiger partial charge in [0, 0.05) is 43.3 Å². The molecule has 0 radical (unpaired) electrons. The third-order valence-electron chi connectivity index (χ3n) is 3.62. The summed E-state index contributed by atoms with van der Waals surface area (Å²) in [6.45, 7) is 1.48. The van der Waals surface area contributed by atoms with Crippen LogP contribution in [-0.4, -0.2) is 39.1 Å². The van der Waals surface area contributed by atoms with E-state index in [-0.39, 0.29) is 5.91 Å². The fourth-order valence-corrected chi connectivity index (χ4v) is 2.79. The van der Waals surface area contributed by atoms with Crippen molar-refractivity contribution in [1.82, 2.24) is 20.1 Å². The van der Waals surface area contributed by atoms with Crippen molar-refractivity contribution >= 4 is 17.5 Å². The summed E-state index contributed by atoms with van der Waals surface area (Å²) in [4.78, 5) is 18.3. The van der Waals surface area contributed by atoms with Crippen molar-refractivity contribution in [1.29, 1.82) is 0 Å². The highest BCUT2D eigenvalue weighted by Gasteiger charge is 2.26. The second kappa shape index (κ2) is 5.63. The molecule has 2 aromatic rings. The summed E-state index contributed by atoms with van der Waals surface area (Å²) in [5.41, 5.74) is 1.63. The van der Waals surface area contributed by atoms with E-state index in [0.717, 1.165) is 25.1 Å². The van der Waals surface area contributed by atoms with Crippen LogP contribution >= 0.6 is 11.6 Å². The van der Waals surface area contributed by atoms with E-state index in [4.69, 9.17) is 11.6 Å². The number of halogens is 1. The van der Waals surface area contributed by atoms with Gasteiger partial charge in [-0.15, -0.1) is 0 Å². The van der Waals surface area contributed by atoms with Gasteiger partial charge in [-0.2, -0.15) is 5.10 Å². The molecular weight excluding hydrogens is 276 g/mol. The standard InChI is InChI=1S/C14H15ClN4O/c15-12-6-11(7-16-8-12)14(20)19-5-1-2-10(9-19)13-3-4-17-18-13/h3-4,6-8,10H,1-2,5,9H2,(H,17,18)/t10-/m0/s1. The van der Waals surface area contributed by atoms with E-state index in [1.165, 1.54) is 6.20 Å². The van der Waals surface area contributed by atoms with Crippen LogP contribution in [0.1, 0.15) is 34.8 Å². The van der Waals surface area contributed by atoms with Crippen LogP contribution in [0.5, 0.6) is 0 Å². The van der Waals surface area contributed by atoms with Crippen LogP contribution in [0.25, 0.3) is 0 Å². The molecule has 3 heterocycles. The number of rotatable bonds is 2. The molecule has 1 aliphatic heterocycles. The normalized spacial score (nSPS) is 19.1. The highest BCUT2D eigenvalue weighted by atomic mass is 35.5. The van der Waals surface area contributed by atoms with Gasteiger partial charge in [0.15, 0.2) is 0 Å². The van der Waals surface area contributed by atoms with Crippen molar-refractivity contribution < 1.29 is 4.79 Å². The molecule has 0 aromatic carbocycles. The number of aromatic amines is 1. The molecule has 0 unspecified atom stereocenters. The zero-order chi connectivity index (χ0) is 13.9. The molecule has 1 atom stereocenters. The topological polar surface area (TPSA) is 61.9 Å². The fraction of sp³-hybridized carbons (Fsp3) is 0.357. The maximum absolute atomic E-state index is 12.5. The Labute approximate surface area is 122 Å². The Bertz CT molecular complexity index is 599. The van der Waals surface area contributed by atoms with Crippen molar-refractivity contribution in [2.24, 2.45) is 0 Å². The maximum atomic E-state index is 12.5. The van der Waals surface area contributed by atoms with Gasteiger partial charge in [0.2, 0.25) is 0 Å². The van der Waals surface area contributed by atoms with Crippen LogP contribution < -0.4 is 0 Å². The van der Waals surface area contributed by atoms with Crippen LogP contribution in [-0.2, 0) is 0 Å². The number of aromatic nitrogens is 3. The van der Waals surface area contributed by atoms with Crippen molar-refractivity contribution in [3.8, 4) is 0 Å².